The van der Waals surface area contributed by atoms with Gasteiger partial charge in [-0.1, -0.05) is 11.5 Å². The fourth-order valence-corrected chi connectivity index (χ4v) is 1.49. The van der Waals surface area contributed by atoms with Crippen molar-refractivity contribution >= 4 is 25.9 Å². The first-order valence-electron chi connectivity index (χ1n) is 3.27. The molecule has 11 heavy (non-hydrogen) atoms. The zero-order valence-electron chi connectivity index (χ0n) is 6.61. The van der Waals surface area contributed by atoms with Gasteiger partial charge < -0.3 is 4.57 Å². The molecule has 0 saturated heterocycles. The number of pyridine rings is 1. The summed E-state index contributed by atoms with van der Waals surface area (Å²) in [5, 5.41) is 0. The minimum Gasteiger partial charge on any atom is -0.318 e. The van der Waals surface area contributed by atoms with Crippen LogP contribution in [0.15, 0.2) is 18.3 Å². The summed E-state index contributed by atoms with van der Waals surface area (Å²) in [4.78, 5) is 3.96. The van der Waals surface area contributed by atoms with Gasteiger partial charge in [0.2, 0.25) is 0 Å². The average Bonchev–Trinajstić information content (AvgIpc) is 1.86. The molecule has 0 N–H and O–H groups in total. The van der Waals surface area contributed by atoms with Crippen LogP contribution >= 0.6 is 7.14 Å². The molecule has 0 amide bonds. The highest BCUT2D eigenvalue weighted by Crippen LogP contribution is 2.32. The predicted octanol–water partition coefficient (Wildman–Crippen LogP) is 0.123. The SMILES string of the molecule is [B]c1ccc(P(C)(C)=O)nc1. The van der Waals surface area contributed by atoms with Gasteiger partial charge in [-0.25, -0.2) is 0 Å². The Morgan fingerprint density at radius 2 is 2.09 bits per heavy atom. The maximum Gasteiger partial charge on any atom is 0.127 e. The smallest absolute Gasteiger partial charge is 0.127 e. The van der Waals surface area contributed by atoms with Gasteiger partial charge in [-0.3, -0.25) is 4.98 Å². The van der Waals surface area contributed by atoms with E-state index >= 15 is 0 Å². The van der Waals surface area contributed by atoms with E-state index in [1.54, 1.807) is 25.5 Å². The fourth-order valence-electron chi connectivity index (χ4n) is 0.716. The summed E-state index contributed by atoms with van der Waals surface area (Å²) in [5.41, 5.74) is 1.23. The van der Waals surface area contributed by atoms with E-state index in [1.165, 1.54) is 6.20 Å². The highest BCUT2D eigenvalue weighted by atomic mass is 31.2. The monoisotopic (exact) mass is 165 g/mol. The van der Waals surface area contributed by atoms with E-state index in [1.807, 2.05) is 0 Å². The average molecular weight is 165 g/mol. The highest BCUT2D eigenvalue weighted by Gasteiger charge is 2.10. The van der Waals surface area contributed by atoms with E-state index in [2.05, 4.69) is 4.98 Å². The van der Waals surface area contributed by atoms with Crippen molar-refractivity contribution in [2.24, 2.45) is 0 Å². The molecule has 1 heterocycles. The van der Waals surface area contributed by atoms with E-state index in [9.17, 15) is 4.57 Å². The molecule has 0 spiro atoms. The first-order valence-corrected chi connectivity index (χ1v) is 5.87. The zero-order chi connectivity index (χ0) is 8.48. The summed E-state index contributed by atoms with van der Waals surface area (Å²) < 4.78 is 11.4. The molecule has 0 aromatic carbocycles. The number of nitrogens with zero attached hydrogens (tertiary/aromatic N) is 1. The van der Waals surface area contributed by atoms with Crippen LogP contribution < -0.4 is 10.9 Å². The number of hydrogen-bond donors (Lipinski definition) is 0. The van der Waals surface area contributed by atoms with Gasteiger partial charge in [0, 0.05) is 6.20 Å². The van der Waals surface area contributed by atoms with Crippen molar-refractivity contribution in [3.63, 3.8) is 0 Å². The normalized spacial score (nSPS) is 11.5. The summed E-state index contributed by atoms with van der Waals surface area (Å²) in [5.74, 6) is 0. The van der Waals surface area contributed by atoms with Crippen LogP contribution in [0.1, 0.15) is 0 Å². The molecule has 0 aliphatic heterocycles. The third-order valence-corrected chi connectivity index (χ3v) is 2.69. The van der Waals surface area contributed by atoms with E-state index in [0.717, 1.165) is 0 Å². The van der Waals surface area contributed by atoms with Crippen molar-refractivity contribution in [1.29, 1.82) is 0 Å². The van der Waals surface area contributed by atoms with E-state index in [4.69, 9.17) is 7.85 Å². The molecular formula is C7H9BNOP. The Bertz CT molecular complexity index is 290. The second-order valence-electron chi connectivity index (χ2n) is 2.80. The molecule has 0 atom stereocenters. The second-order valence-corrected chi connectivity index (χ2v) is 5.96. The Balaban J connectivity index is 3.09. The number of aromatic nitrogens is 1. The van der Waals surface area contributed by atoms with Crippen molar-refractivity contribution in [2.75, 3.05) is 13.3 Å². The van der Waals surface area contributed by atoms with Gasteiger partial charge in [0.05, 0.1) is 5.44 Å². The lowest BCUT2D eigenvalue weighted by molar-refractivity contribution is 0.588. The van der Waals surface area contributed by atoms with Crippen LogP contribution in [-0.4, -0.2) is 26.2 Å². The molecule has 0 bridgehead atoms. The van der Waals surface area contributed by atoms with Crippen LogP contribution in [-0.2, 0) is 4.57 Å². The van der Waals surface area contributed by atoms with E-state index in [-0.39, 0.29) is 0 Å². The van der Waals surface area contributed by atoms with Gasteiger partial charge in [-0.05, 0) is 19.4 Å². The van der Waals surface area contributed by atoms with Crippen LogP contribution in [0.3, 0.4) is 0 Å². The van der Waals surface area contributed by atoms with Crippen LogP contribution in [0.25, 0.3) is 0 Å². The highest BCUT2D eigenvalue weighted by molar-refractivity contribution is 7.69. The third kappa shape index (κ3) is 2.19. The molecular weight excluding hydrogens is 156 g/mol. The Labute approximate surface area is 67.8 Å². The maximum atomic E-state index is 11.4. The molecule has 56 valence electrons. The number of hydrogen-bond acceptors (Lipinski definition) is 2. The zero-order valence-corrected chi connectivity index (χ0v) is 7.51. The summed E-state index contributed by atoms with van der Waals surface area (Å²) in [6.07, 6.45) is 1.52. The minimum atomic E-state index is -2.20. The van der Waals surface area contributed by atoms with Crippen molar-refractivity contribution in [1.82, 2.24) is 4.98 Å². The summed E-state index contributed by atoms with van der Waals surface area (Å²) in [7, 11) is 3.21. The Kier molecular flexibility index (Phi) is 2.19. The van der Waals surface area contributed by atoms with Gasteiger partial charge in [0.15, 0.2) is 0 Å². The Morgan fingerprint density at radius 3 is 2.45 bits per heavy atom. The van der Waals surface area contributed by atoms with Gasteiger partial charge in [0.1, 0.15) is 15.0 Å². The second kappa shape index (κ2) is 2.82. The molecule has 1 aromatic rings. The van der Waals surface area contributed by atoms with Crippen molar-refractivity contribution < 1.29 is 4.57 Å². The lowest BCUT2D eigenvalue weighted by Gasteiger charge is -2.04. The van der Waals surface area contributed by atoms with Crippen LogP contribution in [0, 0.1) is 0 Å². The summed E-state index contributed by atoms with van der Waals surface area (Å²) in [6.45, 7) is 3.37. The van der Waals surface area contributed by atoms with Crippen molar-refractivity contribution in [3.8, 4) is 0 Å². The predicted molar refractivity (Wildman–Crippen MR) is 48.7 cm³/mol. The molecule has 0 aliphatic carbocycles. The van der Waals surface area contributed by atoms with Crippen LogP contribution in [0.5, 0.6) is 0 Å². The van der Waals surface area contributed by atoms with Gasteiger partial charge in [0.25, 0.3) is 0 Å². The Morgan fingerprint density at radius 1 is 1.45 bits per heavy atom. The van der Waals surface area contributed by atoms with Crippen molar-refractivity contribution in [3.05, 3.63) is 18.3 Å². The molecule has 2 nitrogen and oxygen atoms in total. The topological polar surface area (TPSA) is 30.0 Å². The molecule has 1 rings (SSSR count). The largest absolute Gasteiger partial charge is 0.318 e. The van der Waals surface area contributed by atoms with Gasteiger partial charge in [-0.15, -0.1) is 0 Å². The van der Waals surface area contributed by atoms with Gasteiger partial charge in [-0.2, -0.15) is 0 Å². The quantitative estimate of drug-likeness (QED) is 0.437. The molecule has 0 aliphatic rings. The van der Waals surface area contributed by atoms with Crippen molar-refractivity contribution in [2.45, 2.75) is 0 Å². The molecule has 2 radical (unpaired) electrons. The molecule has 0 fully saturated rings. The van der Waals surface area contributed by atoms with Crippen LogP contribution in [0.4, 0.5) is 0 Å². The molecule has 0 unspecified atom stereocenters. The van der Waals surface area contributed by atoms with Crippen LogP contribution in [0.2, 0.25) is 0 Å². The molecule has 0 saturated carbocycles. The lowest BCUT2D eigenvalue weighted by Crippen LogP contribution is -2.13. The van der Waals surface area contributed by atoms with E-state index < -0.39 is 7.14 Å². The first-order chi connectivity index (χ1) is 5.00. The molecule has 1 aromatic heterocycles. The summed E-state index contributed by atoms with van der Waals surface area (Å²) >= 11 is 0. The minimum absolute atomic E-state index is 0.599. The number of rotatable bonds is 1. The molecule has 4 heteroatoms. The first kappa shape index (κ1) is 8.54. The van der Waals surface area contributed by atoms with E-state index in [0.29, 0.717) is 10.9 Å². The third-order valence-electron chi connectivity index (χ3n) is 1.32. The fraction of sp³-hybridized carbons (Fsp3) is 0.286. The maximum absolute atomic E-state index is 11.4. The Hall–Kier alpha value is -0.555. The standard InChI is InChI=1S/C7H9BNOP/c1-11(2,10)7-4-3-6(8)5-9-7/h3-5H,1-2H3. The lowest BCUT2D eigenvalue weighted by atomic mass is 9.99. The summed E-state index contributed by atoms with van der Waals surface area (Å²) in [6, 6.07) is 3.41. The van der Waals surface area contributed by atoms with Gasteiger partial charge >= 0.3 is 0 Å².